The highest BCUT2D eigenvalue weighted by molar-refractivity contribution is 5.95. The van der Waals surface area contributed by atoms with E-state index in [1.54, 1.807) is 12.4 Å². The van der Waals surface area contributed by atoms with Gasteiger partial charge in [0.1, 0.15) is 0 Å². The largest absolute Gasteiger partial charge is 0.352 e. The number of pyridine rings is 1. The molecule has 0 bridgehead atoms. The van der Waals surface area contributed by atoms with Crippen LogP contribution in [0.2, 0.25) is 0 Å². The van der Waals surface area contributed by atoms with E-state index >= 15 is 0 Å². The molecule has 0 unspecified atom stereocenters. The molecule has 0 saturated heterocycles. The van der Waals surface area contributed by atoms with Crippen LogP contribution < -0.4 is 5.32 Å². The summed E-state index contributed by atoms with van der Waals surface area (Å²) < 4.78 is 0. The number of unbranched alkanes of at least 4 members (excludes halogenated alkanes) is 4. The van der Waals surface area contributed by atoms with Crippen LogP contribution in [0.15, 0.2) is 42.7 Å². The minimum absolute atomic E-state index is 0.0399. The predicted molar refractivity (Wildman–Crippen MR) is 95.5 cm³/mol. The van der Waals surface area contributed by atoms with Crippen LogP contribution >= 0.6 is 0 Å². The van der Waals surface area contributed by atoms with E-state index in [-0.39, 0.29) is 5.91 Å². The van der Waals surface area contributed by atoms with E-state index in [1.165, 1.54) is 31.2 Å². The molecule has 0 aliphatic heterocycles. The summed E-state index contributed by atoms with van der Waals surface area (Å²) in [5.74, 6) is -0.0399. The van der Waals surface area contributed by atoms with Crippen molar-refractivity contribution in [2.75, 3.05) is 6.54 Å². The fraction of sp³-hybridized carbons (Fsp3) is 0.400. The Morgan fingerprint density at radius 3 is 2.48 bits per heavy atom. The van der Waals surface area contributed by atoms with Crippen LogP contribution in [0.5, 0.6) is 0 Å². The van der Waals surface area contributed by atoms with Gasteiger partial charge < -0.3 is 5.32 Å². The Kier molecular flexibility index (Phi) is 6.79. The molecule has 0 spiro atoms. The molecule has 2 rings (SSSR count). The Balaban J connectivity index is 1.91. The summed E-state index contributed by atoms with van der Waals surface area (Å²) >= 11 is 0. The molecule has 1 amide bonds. The van der Waals surface area contributed by atoms with Gasteiger partial charge in [-0.2, -0.15) is 0 Å². The minimum atomic E-state index is -0.0399. The molecular formula is C20H26N2O. The van der Waals surface area contributed by atoms with Crippen molar-refractivity contribution >= 4 is 5.91 Å². The molecule has 0 radical (unpaired) electrons. The van der Waals surface area contributed by atoms with Gasteiger partial charge in [-0.05, 0) is 25.0 Å². The van der Waals surface area contributed by atoms with Crippen molar-refractivity contribution in [3.8, 4) is 11.1 Å². The van der Waals surface area contributed by atoms with E-state index in [0.29, 0.717) is 5.56 Å². The van der Waals surface area contributed by atoms with Crippen molar-refractivity contribution in [1.82, 2.24) is 10.3 Å². The zero-order chi connectivity index (χ0) is 16.5. The number of carbonyl (C=O) groups is 1. The van der Waals surface area contributed by atoms with Crippen LogP contribution in [-0.2, 0) is 0 Å². The van der Waals surface area contributed by atoms with Crippen molar-refractivity contribution in [3.63, 3.8) is 0 Å². The molecule has 3 heteroatoms. The summed E-state index contributed by atoms with van der Waals surface area (Å²) in [5, 5.41) is 2.98. The zero-order valence-electron chi connectivity index (χ0n) is 14.1. The molecule has 0 atom stereocenters. The summed E-state index contributed by atoms with van der Waals surface area (Å²) in [5.41, 5.74) is 3.90. The number of hydrogen-bond donors (Lipinski definition) is 1. The molecule has 3 nitrogen and oxygen atoms in total. The molecule has 122 valence electrons. The van der Waals surface area contributed by atoms with E-state index in [0.717, 1.165) is 24.1 Å². The number of hydrogen-bond acceptors (Lipinski definition) is 2. The quantitative estimate of drug-likeness (QED) is 0.714. The maximum Gasteiger partial charge on any atom is 0.252 e. The lowest BCUT2D eigenvalue weighted by Gasteiger charge is -2.07. The number of nitrogens with zero attached hydrogens (tertiary/aromatic N) is 1. The fourth-order valence-corrected chi connectivity index (χ4v) is 2.50. The van der Waals surface area contributed by atoms with Crippen molar-refractivity contribution in [3.05, 3.63) is 53.9 Å². The van der Waals surface area contributed by atoms with Gasteiger partial charge in [0.15, 0.2) is 0 Å². The van der Waals surface area contributed by atoms with Crippen LogP contribution in [0.1, 0.15) is 54.9 Å². The van der Waals surface area contributed by atoms with Gasteiger partial charge in [-0.25, -0.2) is 0 Å². The summed E-state index contributed by atoms with van der Waals surface area (Å²) in [7, 11) is 0. The van der Waals surface area contributed by atoms with Crippen LogP contribution in [-0.4, -0.2) is 17.4 Å². The first-order chi connectivity index (χ1) is 11.2. The maximum atomic E-state index is 12.2. The Labute approximate surface area is 139 Å². The van der Waals surface area contributed by atoms with Crippen LogP contribution in [0.3, 0.4) is 0 Å². The van der Waals surface area contributed by atoms with Crippen molar-refractivity contribution in [1.29, 1.82) is 0 Å². The number of amides is 1. The Morgan fingerprint density at radius 1 is 1.00 bits per heavy atom. The fourth-order valence-electron chi connectivity index (χ4n) is 2.50. The number of carbonyl (C=O) groups excluding carboxylic acids is 1. The van der Waals surface area contributed by atoms with E-state index < -0.39 is 0 Å². The van der Waals surface area contributed by atoms with Gasteiger partial charge in [-0.1, -0.05) is 62.4 Å². The second-order valence-electron chi connectivity index (χ2n) is 6.00. The predicted octanol–water partition coefficient (Wildman–Crippen LogP) is 4.76. The number of aromatic nitrogens is 1. The highest BCUT2D eigenvalue weighted by Gasteiger charge is 2.07. The SMILES string of the molecule is CCCCCCCNC(=O)c1cncc(-c2ccc(C)cc2)c1. The first kappa shape index (κ1) is 17.2. The third-order valence-corrected chi connectivity index (χ3v) is 3.95. The molecule has 1 aromatic heterocycles. The molecule has 0 aliphatic carbocycles. The van der Waals surface area contributed by atoms with E-state index in [4.69, 9.17) is 0 Å². The average Bonchev–Trinajstić information content (AvgIpc) is 2.58. The van der Waals surface area contributed by atoms with Crippen LogP contribution in [0.4, 0.5) is 0 Å². The third-order valence-electron chi connectivity index (χ3n) is 3.95. The van der Waals surface area contributed by atoms with Gasteiger partial charge in [0.05, 0.1) is 5.56 Å². The molecule has 0 aliphatic rings. The van der Waals surface area contributed by atoms with Gasteiger partial charge in [0.2, 0.25) is 0 Å². The topological polar surface area (TPSA) is 42.0 Å². The van der Waals surface area contributed by atoms with Gasteiger partial charge in [0.25, 0.3) is 5.91 Å². The summed E-state index contributed by atoms with van der Waals surface area (Å²) in [6.45, 7) is 5.00. The Bertz CT molecular complexity index is 620. The summed E-state index contributed by atoms with van der Waals surface area (Å²) in [6, 6.07) is 10.2. The highest BCUT2D eigenvalue weighted by atomic mass is 16.1. The smallest absolute Gasteiger partial charge is 0.252 e. The first-order valence-electron chi connectivity index (χ1n) is 8.51. The lowest BCUT2D eigenvalue weighted by molar-refractivity contribution is 0.0952. The third kappa shape index (κ3) is 5.51. The Morgan fingerprint density at radius 2 is 1.74 bits per heavy atom. The molecule has 1 aromatic carbocycles. The second kappa shape index (κ2) is 9.09. The average molecular weight is 310 g/mol. The van der Waals surface area contributed by atoms with Crippen LogP contribution in [0, 0.1) is 6.92 Å². The van der Waals surface area contributed by atoms with E-state index in [1.807, 2.05) is 6.07 Å². The van der Waals surface area contributed by atoms with E-state index in [9.17, 15) is 4.79 Å². The number of rotatable bonds is 8. The van der Waals surface area contributed by atoms with E-state index in [2.05, 4.69) is 48.4 Å². The summed E-state index contributed by atoms with van der Waals surface area (Å²) in [6.07, 6.45) is 9.40. The van der Waals surface area contributed by atoms with Crippen molar-refractivity contribution in [2.24, 2.45) is 0 Å². The van der Waals surface area contributed by atoms with Crippen molar-refractivity contribution in [2.45, 2.75) is 46.0 Å². The second-order valence-corrected chi connectivity index (χ2v) is 6.00. The number of nitrogens with one attached hydrogen (secondary N) is 1. The van der Waals surface area contributed by atoms with Gasteiger partial charge in [-0.15, -0.1) is 0 Å². The van der Waals surface area contributed by atoms with Gasteiger partial charge in [0, 0.05) is 24.5 Å². The summed E-state index contributed by atoms with van der Waals surface area (Å²) in [4.78, 5) is 16.4. The van der Waals surface area contributed by atoms with Crippen molar-refractivity contribution < 1.29 is 4.79 Å². The highest BCUT2D eigenvalue weighted by Crippen LogP contribution is 2.19. The van der Waals surface area contributed by atoms with Crippen LogP contribution in [0.25, 0.3) is 11.1 Å². The standard InChI is InChI=1S/C20H26N2O/c1-3-4-5-6-7-12-22-20(23)19-13-18(14-21-15-19)17-10-8-16(2)9-11-17/h8-11,13-15H,3-7,12H2,1-2H3,(H,22,23). The van der Waals surface area contributed by atoms with Gasteiger partial charge in [-0.3, -0.25) is 9.78 Å². The molecule has 2 aromatic rings. The Hall–Kier alpha value is -2.16. The normalized spacial score (nSPS) is 10.5. The van der Waals surface area contributed by atoms with Gasteiger partial charge >= 0.3 is 0 Å². The monoisotopic (exact) mass is 310 g/mol. The molecule has 1 N–H and O–H groups in total. The lowest BCUT2D eigenvalue weighted by atomic mass is 10.0. The molecule has 0 fully saturated rings. The molecule has 0 saturated carbocycles. The maximum absolute atomic E-state index is 12.2. The number of benzene rings is 1. The first-order valence-corrected chi connectivity index (χ1v) is 8.51. The lowest BCUT2D eigenvalue weighted by Crippen LogP contribution is -2.24. The molecular weight excluding hydrogens is 284 g/mol. The molecule has 23 heavy (non-hydrogen) atoms. The minimum Gasteiger partial charge on any atom is -0.352 e. The number of aryl methyl sites for hydroxylation is 1. The zero-order valence-corrected chi connectivity index (χ0v) is 14.1. The molecule has 1 heterocycles.